The summed E-state index contributed by atoms with van der Waals surface area (Å²) in [5, 5.41) is 5.66. The van der Waals surface area contributed by atoms with Gasteiger partial charge < -0.3 is 20.1 Å². The van der Waals surface area contributed by atoms with E-state index in [-0.39, 0.29) is 6.03 Å². The molecule has 2 amide bonds. The molecule has 0 spiro atoms. The van der Waals surface area contributed by atoms with E-state index in [9.17, 15) is 4.79 Å². The summed E-state index contributed by atoms with van der Waals surface area (Å²) >= 11 is 0. The molecular formula is C16H26N2O3. The van der Waals surface area contributed by atoms with Gasteiger partial charge in [0.15, 0.2) is 11.5 Å². The predicted octanol–water partition coefficient (Wildman–Crippen LogP) is 2.94. The fourth-order valence-corrected chi connectivity index (χ4v) is 1.76. The number of hydrogen-bond donors (Lipinski definition) is 2. The minimum atomic E-state index is -0.173. The highest BCUT2D eigenvalue weighted by Gasteiger charge is 2.11. The Kier molecular flexibility index (Phi) is 7.43. The molecule has 0 aliphatic heterocycles. The third-order valence-corrected chi connectivity index (χ3v) is 2.84. The van der Waals surface area contributed by atoms with E-state index in [0.29, 0.717) is 37.1 Å². The van der Waals surface area contributed by atoms with E-state index < -0.39 is 0 Å². The number of carbonyl (C=O) groups excluding carboxylic acids is 1. The van der Waals surface area contributed by atoms with Crippen LogP contribution in [0.2, 0.25) is 0 Å². The summed E-state index contributed by atoms with van der Waals surface area (Å²) in [7, 11) is 1.61. The fraction of sp³-hybridized carbons (Fsp3) is 0.562. The molecule has 0 aliphatic rings. The highest BCUT2D eigenvalue weighted by atomic mass is 16.5. The maximum absolute atomic E-state index is 11.7. The average molecular weight is 294 g/mol. The van der Waals surface area contributed by atoms with Crippen molar-refractivity contribution in [2.24, 2.45) is 5.92 Å². The highest BCUT2D eigenvalue weighted by Crippen LogP contribution is 2.31. The van der Waals surface area contributed by atoms with Crippen LogP contribution in [0.15, 0.2) is 18.2 Å². The molecule has 118 valence electrons. The molecule has 0 fully saturated rings. The summed E-state index contributed by atoms with van der Waals surface area (Å²) < 4.78 is 11.1. The fourth-order valence-electron chi connectivity index (χ4n) is 1.76. The van der Waals surface area contributed by atoms with Gasteiger partial charge in [-0.1, -0.05) is 32.9 Å². The lowest BCUT2D eigenvalue weighted by Crippen LogP contribution is -2.37. The van der Waals surface area contributed by atoms with Crippen LogP contribution in [0.25, 0.3) is 0 Å². The minimum absolute atomic E-state index is 0.173. The summed E-state index contributed by atoms with van der Waals surface area (Å²) in [6, 6.07) is 5.50. The van der Waals surface area contributed by atoms with Gasteiger partial charge in [0, 0.05) is 18.7 Å². The first-order valence-electron chi connectivity index (χ1n) is 7.38. The van der Waals surface area contributed by atoms with E-state index in [0.717, 1.165) is 12.0 Å². The summed E-state index contributed by atoms with van der Waals surface area (Å²) in [4.78, 5) is 11.7. The second-order valence-corrected chi connectivity index (χ2v) is 5.25. The maximum Gasteiger partial charge on any atom is 0.315 e. The van der Waals surface area contributed by atoms with Crippen LogP contribution in [0.3, 0.4) is 0 Å². The molecule has 1 aromatic carbocycles. The van der Waals surface area contributed by atoms with E-state index in [2.05, 4.69) is 24.5 Å². The summed E-state index contributed by atoms with van der Waals surface area (Å²) in [5.41, 5.74) is 0.905. The van der Waals surface area contributed by atoms with E-state index in [4.69, 9.17) is 9.47 Å². The van der Waals surface area contributed by atoms with Crippen molar-refractivity contribution < 1.29 is 14.3 Å². The zero-order valence-electron chi connectivity index (χ0n) is 13.4. The summed E-state index contributed by atoms with van der Waals surface area (Å²) in [6.07, 6.45) is 0.916. The van der Waals surface area contributed by atoms with Crippen molar-refractivity contribution >= 4 is 6.03 Å². The first-order chi connectivity index (χ1) is 10.1. The molecule has 0 aliphatic carbocycles. The monoisotopic (exact) mass is 294 g/mol. The average Bonchev–Trinajstić information content (AvgIpc) is 2.48. The molecular weight excluding hydrogens is 268 g/mol. The molecule has 2 N–H and O–H groups in total. The van der Waals surface area contributed by atoms with Crippen LogP contribution in [0, 0.1) is 5.92 Å². The zero-order valence-corrected chi connectivity index (χ0v) is 13.4. The van der Waals surface area contributed by atoms with E-state index in [1.54, 1.807) is 7.11 Å². The van der Waals surface area contributed by atoms with Crippen molar-refractivity contribution in [3.05, 3.63) is 23.8 Å². The van der Waals surface area contributed by atoms with E-state index in [1.807, 2.05) is 25.1 Å². The molecule has 0 saturated heterocycles. The van der Waals surface area contributed by atoms with Gasteiger partial charge in [-0.05, 0) is 18.4 Å². The number of benzene rings is 1. The number of carbonyl (C=O) groups is 1. The van der Waals surface area contributed by atoms with Crippen molar-refractivity contribution in [2.45, 2.75) is 33.7 Å². The van der Waals surface area contributed by atoms with Gasteiger partial charge >= 0.3 is 6.03 Å². The van der Waals surface area contributed by atoms with E-state index in [1.165, 1.54) is 0 Å². The summed E-state index contributed by atoms with van der Waals surface area (Å²) in [5.74, 6) is 1.81. The largest absolute Gasteiger partial charge is 0.493 e. The molecule has 0 atom stereocenters. The lowest BCUT2D eigenvalue weighted by atomic mass is 10.2. The van der Waals surface area contributed by atoms with Crippen molar-refractivity contribution in [1.29, 1.82) is 0 Å². The standard InChI is InChI=1S/C16H26N2O3/c1-5-9-21-15-13(7-6-8-14(15)20-4)11-18-16(19)17-10-12(2)3/h6-8,12H,5,9-11H2,1-4H3,(H2,17,18,19). The van der Waals surface area contributed by atoms with Crippen LogP contribution in [0.4, 0.5) is 4.79 Å². The van der Waals surface area contributed by atoms with Gasteiger partial charge in [-0.15, -0.1) is 0 Å². The molecule has 21 heavy (non-hydrogen) atoms. The predicted molar refractivity (Wildman–Crippen MR) is 83.9 cm³/mol. The molecule has 0 aromatic heterocycles. The summed E-state index contributed by atoms with van der Waals surface area (Å²) in [6.45, 7) is 7.83. The smallest absolute Gasteiger partial charge is 0.315 e. The van der Waals surface area contributed by atoms with Crippen LogP contribution in [0.1, 0.15) is 32.8 Å². The number of nitrogens with one attached hydrogen (secondary N) is 2. The van der Waals surface area contributed by atoms with Gasteiger partial charge in [0.2, 0.25) is 0 Å². The van der Waals surface area contributed by atoms with E-state index >= 15 is 0 Å². The number of urea groups is 1. The number of hydrogen-bond acceptors (Lipinski definition) is 3. The third kappa shape index (κ3) is 5.94. The van der Waals surface area contributed by atoms with Crippen molar-refractivity contribution in [3.8, 4) is 11.5 Å². The van der Waals surface area contributed by atoms with Gasteiger partial charge in [0.25, 0.3) is 0 Å². The lowest BCUT2D eigenvalue weighted by molar-refractivity contribution is 0.238. The van der Waals surface area contributed by atoms with Crippen LogP contribution < -0.4 is 20.1 Å². The van der Waals surface area contributed by atoms with Gasteiger partial charge in [0.1, 0.15) is 0 Å². The molecule has 0 saturated carbocycles. The van der Waals surface area contributed by atoms with Crippen LogP contribution in [-0.2, 0) is 6.54 Å². The maximum atomic E-state index is 11.7. The molecule has 0 bridgehead atoms. The first kappa shape index (κ1) is 17.1. The molecule has 0 radical (unpaired) electrons. The second kappa shape index (κ2) is 9.10. The quantitative estimate of drug-likeness (QED) is 0.775. The van der Waals surface area contributed by atoms with Gasteiger partial charge in [0.05, 0.1) is 13.7 Å². The Labute approximate surface area is 127 Å². The van der Waals surface area contributed by atoms with Crippen LogP contribution >= 0.6 is 0 Å². The number of para-hydroxylation sites is 1. The molecule has 0 unspecified atom stereocenters. The molecule has 1 rings (SSSR count). The Morgan fingerprint density at radius 2 is 2.05 bits per heavy atom. The van der Waals surface area contributed by atoms with Crippen LogP contribution in [-0.4, -0.2) is 26.3 Å². The number of amides is 2. The third-order valence-electron chi connectivity index (χ3n) is 2.84. The number of methoxy groups -OCH3 is 1. The van der Waals surface area contributed by atoms with Gasteiger partial charge in [-0.25, -0.2) is 4.79 Å². The van der Waals surface area contributed by atoms with Gasteiger partial charge in [-0.2, -0.15) is 0 Å². The molecule has 1 aromatic rings. The van der Waals surface area contributed by atoms with Crippen molar-refractivity contribution in [1.82, 2.24) is 10.6 Å². The Balaban J connectivity index is 2.66. The first-order valence-corrected chi connectivity index (χ1v) is 7.38. The molecule has 5 heteroatoms. The molecule has 5 nitrogen and oxygen atoms in total. The van der Waals surface area contributed by atoms with Crippen molar-refractivity contribution in [2.75, 3.05) is 20.3 Å². The Bertz CT molecular complexity index is 447. The van der Waals surface area contributed by atoms with Gasteiger partial charge in [-0.3, -0.25) is 0 Å². The highest BCUT2D eigenvalue weighted by molar-refractivity contribution is 5.74. The number of rotatable bonds is 8. The Morgan fingerprint density at radius 1 is 1.29 bits per heavy atom. The number of ether oxygens (including phenoxy) is 2. The lowest BCUT2D eigenvalue weighted by Gasteiger charge is -2.15. The Hall–Kier alpha value is -1.91. The SMILES string of the molecule is CCCOc1c(CNC(=O)NCC(C)C)cccc1OC. The van der Waals surface area contributed by atoms with Crippen molar-refractivity contribution in [3.63, 3.8) is 0 Å². The normalized spacial score (nSPS) is 10.3. The molecule has 0 heterocycles. The zero-order chi connectivity index (χ0) is 15.7. The minimum Gasteiger partial charge on any atom is -0.493 e. The topological polar surface area (TPSA) is 59.6 Å². The Morgan fingerprint density at radius 3 is 2.67 bits per heavy atom. The second-order valence-electron chi connectivity index (χ2n) is 5.25. The van der Waals surface area contributed by atoms with Crippen LogP contribution in [0.5, 0.6) is 11.5 Å².